The summed E-state index contributed by atoms with van der Waals surface area (Å²) in [5.41, 5.74) is 7.30. The molecule has 6 nitrogen and oxygen atoms in total. The van der Waals surface area contributed by atoms with Crippen molar-refractivity contribution in [3.8, 4) is 0 Å². The molecule has 2 heterocycles. The average Bonchev–Trinajstić information content (AvgIpc) is 2.93. The smallest absolute Gasteiger partial charge is 0.201 e. The number of imidazole rings is 1. The van der Waals surface area contributed by atoms with Gasteiger partial charge in [0.25, 0.3) is 0 Å². The highest BCUT2D eigenvalue weighted by Crippen LogP contribution is 2.28. The summed E-state index contributed by atoms with van der Waals surface area (Å²) in [4.78, 5) is 4.29. The molecular weight excluding hydrogens is 374 g/mol. The molecule has 1 unspecified atom stereocenters. The van der Waals surface area contributed by atoms with Crippen LogP contribution >= 0.6 is 22.6 Å². The molecule has 2 N–H and O–H groups in total. The van der Waals surface area contributed by atoms with E-state index >= 15 is 0 Å². The number of aromatic nitrogens is 5. The molecule has 0 spiro atoms. The predicted molar refractivity (Wildman–Crippen MR) is 81.6 cm³/mol. The zero-order valence-corrected chi connectivity index (χ0v) is 13.0. The molecule has 0 saturated carbocycles. The number of benzene rings is 1. The van der Waals surface area contributed by atoms with Crippen LogP contribution in [0.3, 0.4) is 0 Å². The summed E-state index contributed by atoms with van der Waals surface area (Å²) in [6.07, 6.45) is 1.62. The van der Waals surface area contributed by atoms with Gasteiger partial charge in [-0.3, -0.25) is 4.57 Å². The van der Waals surface area contributed by atoms with Crippen LogP contribution in [0.2, 0.25) is 0 Å². The van der Waals surface area contributed by atoms with Crippen molar-refractivity contribution < 1.29 is 4.39 Å². The molecule has 0 aliphatic carbocycles. The lowest BCUT2D eigenvalue weighted by molar-refractivity contribution is 0.589. The van der Waals surface area contributed by atoms with E-state index in [1.807, 2.05) is 36.6 Å². The van der Waals surface area contributed by atoms with Gasteiger partial charge in [-0.1, -0.05) is 0 Å². The summed E-state index contributed by atoms with van der Waals surface area (Å²) >= 11 is 1.94. The Morgan fingerprint density at radius 3 is 2.80 bits per heavy atom. The van der Waals surface area contributed by atoms with Crippen LogP contribution in [0.5, 0.6) is 0 Å². The minimum Gasteiger partial charge on any atom is -0.369 e. The van der Waals surface area contributed by atoms with Gasteiger partial charge in [-0.05, 0) is 35.6 Å². The standard InChI is InChI=1S/C12H12FIN6/c1-6(11-18-16-5-19(11)2)20-10-3-7(13)8(14)4-9(10)17-12(20)15/h3-6H,1-2H3,(H2,15,17). The molecule has 1 atom stereocenters. The molecule has 20 heavy (non-hydrogen) atoms. The molecule has 0 amide bonds. The van der Waals surface area contributed by atoms with Crippen LogP contribution in [0.4, 0.5) is 10.3 Å². The predicted octanol–water partition coefficient (Wildman–Crippen LogP) is 2.10. The molecule has 0 bridgehead atoms. The first kappa shape index (κ1) is 13.3. The van der Waals surface area contributed by atoms with Crippen molar-refractivity contribution in [3.05, 3.63) is 33.7 Å². The molecule has 1 aromatic carbocycles. The van der Waals surface area contributed by atoms with Gasteiger partial charge in [0, 0.05) is 13.1 Å². The summed E-state index contributed by atoms with van der Waals surface area (Å²) in [5.74, 6) is 0.774. The monoisotopic (exact) mass is 386 g/mol. The minimum absolute atomic E-state index is 0.188. The fraction of sp³-hybridized carbons (Fsp3) is 0.250. The van der Waals surface area contributed by atoms with E-state index in [4.69, 9.17) is 5.73 Å². The van der Waals surface area contributed by atoms with Gasteiger partial charge < -0.3 is 10.3 Å². The largest absolute Gasteiger partial charge is 0.369 e. The average molecular weight is 386 g/mol. The Bertz CT molecular complexity index is 793. The van der Waals surface area contributed by atoms with E-state index in [1.54, 1.807) is 21.5 Å². The zero-order chi connectivity index (χ0) is 14.4. The Labute approximate surface area is 127 Å². The Morgan fingerprint density at radius 2 is 2.15 bits per heavy atom. The highest BCUT2D eigenvalue weighted by molar-refractivity contribution is 14.1. The Morgan fingerprint density at radius 1 is 1.40 bits per heavy atom. The van der Waals surface area contributed by atoms with Gasteiger partial charge in [-0.25, -0.2) is 9.37 Å². The number of nitrogens with two attached hydrogens (primary N) is 1. The lowest BCUT2D eigenvalue weighted by Crippen LogP contribution is -2.14. The van der Waals surface area contributed by atoms with Crippen molar-refractivity contribution in [1.29, 1.82) is 0 Å². The second-order valence-corrected chi connectivity index (χ2v) is 5.73. The Balaban J connectivity index is 2.23. The topological polar surface area (TPSA) is 74.5 Å². The molecule has 3 aromatic rings. The number of hydrogen-bond acceptors (Lipinski definition) is 4. The number of rotatable bonds is 2. The molecule has 104 valence electrons. The maximum atomic E-state index is 13.8. The lowest BCUT2D eigenvalue weighted by Gasteiger charge is -2.15. The van der Waals surface area contributed by atoms with E-state index in [0.29, 0.717) is 20.6 Å². The second kappa shape index (κ2) is 4.69. The molecule has 0 fully saturated rings. The Hall–Kier alpha value is -1.71. The maximum Gasteiger partial charge on any atom is 0.201 e. The van der Waals surface area contributed by atoms with E-state index < -0.39 is 0 Å². The second-order valence-electron chi connectivity index (χ2n) is 4.57. The first-order valence-corrected chi connectivity index (χ1v) is 7.03. The number of nitrogens with zero attached hydrogens (tertiary/aromatic N) is 5. The van der Waals surface area contributed by atoms with E-state index in [9.17, 15) is 4.39 Å². The number of anilines is 1. The van der Waals surface area contributed by atoms with Crippen molar-refractivity contribution in [2.45, 2.75) is 13.0 Å². The van der Waals surface area contributed by atoms with Crippen LogP contribution in [0.25, 0.3) is 11.0 Å². The first-order chi connectivity index (χ1) is 9.49. The van der Waals surface area contributed by atoms with Gasteiger partial charge in [0.05, 0.1) is 20.6 Å². The van der Waals surface area contributed by atoms with Gasteiger partial charge in [0.15, 0.2) is 5.82 Å². The third-order valence-electron chi connectivity index (χ3n) is 3.27. The van der Waals surface area contributed by atoms with E-state index in [0.717, 1.165) is 5.82 Å². The van der Waals surface area contributed by atoms with Gasteiger partial charge in [-0.2, -0.15) is 0 Å². The number of nitrogen functional groups attached to an aromatic ring is 1. The molecule has 0 aliphatic heterocycles. The number of halogens is 2. The third kappa shape index (κ3) is 1.94. The fourth-order valence-electron chi connectivity index (χ4n) is 2.30. The van der Waals surface area contributed by atoms with Gasteiger partial charge in [0.1, 0.15) is 12.1 Å². The molecule has 8 heteroatoms. The van der Waals surface area contributed by atoms with Crippen LogP contribution in [0.1, 0.15) is 18.8 Å². The first-order valence-electron chi connectivity index (χ1n) is 5.95. The SMILES string of the molecule is CC(c1nncn1C)n1c(N)nc2cc(I)c(F)cc21. The van der Waals surface area contributed by atoms with Crippen LogP contribution < -0.4 is 5.73 Å². The number of hydrogen-bond donors (Lipinski definition) is 1. The highest BCUT2D eigenvalue weighted by atomic mass is 127. The van der Waals surface area contributed by atoms with Crippen LogP contribution in [0, 0.1) is 9.39 Å². The van der Waals surface area contributed by atoms with Gasteiger partial charge >= 0.3 is 0 Å². The normalized spacial score (nSPS) is 13.0. The summed E-state index contributed by atoms with van der Waals surface area (Å²) in [6, 6.07) is 2.95. The molecule has 0 saturated heterocycles. The van der Waals surface area contributed by atoms with Gasteiger partial charge in [0.2, 0.25) is 5.95 Å². The van der Waals surface area contributed by atoms with Gasteiger partial charge in [-0.15, -0.1) is 10.2 Å². The van der Waals surface area contributed by atoms with Crippen molar-refractivity contribution in [3.63, 3.8) is 0 Å². The number of aryl methyl sites for hydroxylation is 1. The lowest BCUT2D eigenvalue weighted by atomic mass is 10.2. The molecule has 0 radical (unpaired) electrons. The third-order valence-corrected chi connectivity index (χ3v) is 4.09. The zero-order valence-electron chi connectivity index (χ0n) is 10.9. The molecule has 0 aliphatic rings. The van der Waals surface area contributed by atoms with Crippen molar-refractivity contribution in [2.75, 3.05) is 5.73 Å². The fourth-order valence-corrected chi connectivity index (χ4v) is 2.75. The molecule has 3 rings (SSSR count). The van der Waals surface area contributed by atoms with Crippen molar-refractivity contribution in [1.82, 2.24) is 24.3 Å². The summed E-state index contributed by atoms with van der Waals surface area (Å²) in [7, 11) is 1.85. The van der Waals surface area contributed by atoms with E-state index in [1.165, 1.54) is 6.07 Å². The van der Waals surface area contributed by atoms with Crippen molar-refractivity contribution in [2.24, 2.45) is 7.05 Å². The quantitative estimate of drug-likeness (QED) is 0.685. The van der Waals surface area contributed by atoms with Crippen LogP contribution in [-0.2, 0) is 7.05 Å². The molecular formula is C12H12FIN6. The van der Waals surface area contributed by atoms with E-state index in [-0.39, 0.29) is 11.9 Å². The van der Waals surface area contributed by atoms with E-state index in [2.05, 4.69) is 15.2 Å². The Kier molecular flexibility index (Phi) is 3.11. The summed E-state index contributed by atoms with van der Waals surface area (Å²) < 4.78 is 17.9. The minimum atomic E-state index is -0.288. The summed E-state index contributed by atoms with van der Waals surface area (Å²) in [5, 5.41) is 7.93. The van der Waals surface area contributed by atoms with Crippen LogP contribution in [0.15, 0.2) is 18.5 Å². The highest BCUT2D eigenvalue weighted by Gasteiger charge is 2.20. The number of fused-ring (bicyclic) bond motifs is 1. The van der Waals surface area contributed by atoms with Crippen LogP contribution in [-0.4, -0.2) is 24.3 Å². The van der Waals surface area contributed by atoms with Crippen molar-refractivity contribution >= 4 is 39.6 Å². The molecule has 2 aromatic heterocycles. The maximum absolute atomic E-state index is 13.8. The summed E-state index contributed by atoms with van der Waals surface area (Å²) in [6.45, 7) is 1.93.